The Bertz CT molecular complexity index is 448. The molecule has 0 aromatic carbocycles. The maximum atomic E-state index is 6.31. The number of methoxy groups -OCH3 is 1. The molecule has 0 saturated carbocycles. The second kappa shape index (κ2) is 4.37. The van der Waals surface area contributed by atoms with Crippen molar-refractivity contribution in [2.24, 2.45) is 12.5 Å². The van der Waals surface area contributed by atoms with Crippen molar-refractivity contribution in [2.75, 3.05) is 7.11 Å². The summed E-state index contributed by atoms with van der Waals surface area (Å²) < 4.78 is 7.21. The summed E-state index contributed by atoms with van der Waals surface area (Å²) in [5, 5.41) is 4.33. The second-order valence-corrected chi connectivity index (χ2v) is 6.00. The Kier molecular flexibility index (Phi) is 3.21. The van der Waals surface area contributed by atoms with Crippen molar-refractivity contribution in [2.45, 2.75) is 32.1 Å². The third-order valence-electron chi connectivity index (χ3n) is 3.23. The quantitative estimate of drug-likeness (QED) is 0.758. The van der Waals surface area contributed by atoms with Crippen molar-refractivity contribution < 1.29 is 4.74 Å². The first-order valence-electron chi connectivity index (χ1n) is 5.84. The molecule has 0 amide bonds. The predicted molar refractivity (Wildman–Crippen MR) is 70.4 cm³/mol. The molecule has 2 rings (SSSR count). The van der Waals surface area contributed by atoms with Crippen molar-refractivity contribution in [3.63, 3.8) is 0 Å². The van der Waals surface area contributed by atoms with Crippen molar-refractivity contribution >= 4 is 17.2 Å². The molecular formula is C13H19ClN2O. The first-order valence-corrected chi connectivity index (χ1v) is 6.28. The lowest BCUT2D eigenvalue weighted by Crippen LogP contribution is -2.22. The third-order valence-corrected chi connectivity index (χ3v) is 3.51. The van der Waals surface area contributed by atoms with Crippen LogP contribution >= 0.6 is 11.6 Å². The number of aryl methyl sites for hydroxylation is 1. The summed E-state index contributed by atoms with van der Waals surface area (Å²) in [6.45, 7) is 4.50. The molecule has 3 nitrogen and oxygen atoms in total. The Morgan fingerprint density at radius 1 is 1.53 bits per heavy atom. The van der Waals surface area contributed by atoms with Gasteiger partial charge in [-0.1, -0.05) is 19.9 Å². The van der Waals surface area contributed by atoms with Gasteiger partial charge in [-0.3, -0.25) is 4.68 Å². The standard InChI is InChI=1S/C13H19ClN2O/c1-13(2)6-9(5-10(14)7-13)12-11(17-4)8-15-16(12)3/h5,8,10H,6-7H2,1-4H3. The molecule has 17 heavy (non-hydrogen) atoms. The Labute approximate surface area is 107 Å². The van der Waals surface area contributed by atoms with Gasteiger partial charge in [0.1, 0.15) is 5.69 Å². The molecule has 1 aliphatic carbocycles. The zero-order valence-electron chi connectivity index (χ0n) is 10.8. The van der Waals surface area contributed by atoms with Gasteiger partial charge in [-0.05, 0) is 23.8 Å². The van der Waals surface area contributed by atoms with E-state index in [9.17, 15) is 0 Å². The fourth-order valence-corrected chi connectivity index (χ4v) is 3.12. The zero-order chi connectivity index (χ0) is 12.6. The van der Waals surface area contributed by atoms with Gasteiger partial charge in [0.2, 0.25) is 0 Å². The van der Waals surface area contributed by atoms with Crippen molar-refractivity contribution in [3.8, 4) is 5.75 Å². The van der Waals surface area contributed by atoms with E-state index >= 15 is 0 Å². The topological polar surface area (TPSA) is 27.1 Å². The fraction of sp³-hybridized carbons (Fsp3) is 0.615. The summed E-state index contributed by atoms with van der Waals surface area (Å²) in [4.78, 5) is 0. The highest BCUT2D eigenvalue weighted by Crippen LogP contribution is 2.42. The normalized spacial score (nSPS) is 23.4. The minimum atomic E-state index is 0.0911. The molecule has 94 valence electrons. The zero-order valence-corrected chi connectivity index (χ0v) is 11.6. The highest BCUT2D eigenvalue weighted by atomic mass is 35.5. The molecule has 0 radical (unpaired) electrons. The van der Waals surface area contributed by atoms with Crippen LogP contribution in [0.3, 0.4) is 0 Å². The fourth-order valence-electron chi connectivity index (χ4n) is 2.55. The molecule has 0 saturated heterocycles. The van der Waals surface area contributed by atoms with Gasteiger partial charge in [0.25, 0.3) is 0 Å². The van der Waals surface area contributed by atoms with Crippen molar-refractivity contribution in [1.82, 2.24) is 9.78 Å². The first kappa shape index (κ1) is 12.5. The summed E-state index contributed by atoms with van der Waals surface area (Å²) in [7, 11) is 3.61. The third kappa shape index (κ3) is 2.49. The SMILES string of the molecule is COc1cnn(C)c1C1=CC(Cl)CC(C)(C)C1. The van der Waals surface area contributed by atoms with Crippen LogP contribution in [0.5, 0.6) is 5.75 Å². The summed E-state index contributed by atoms with van der Waals surface area (Å²) in [5.74, 6) is 0.820. The molecule has 4 heteroatoms. The lowest BCUT2D eigenvalue weighted by molar-refractivity contribution is 0.338. The first-order chi connectivity index (χ1) is 7.93. The summed E-state index contributed by atoms with van der Waals surface area (Å²) >= 11 is 6.31. The number of allylic oxidation sites excluding steroid dienone is 2. The number of rotatable bonds is 2. The number of hydrogen-bond acceptors (Lipinski definition) is 2. The Morgan fingerprint density at radius 2 is 2.24 bits per heavy atom. The van der Waals surface area contributed by atoms with Crippen LogP contribution in [0.15, 0.2) is 12.3 Å². The minimum Gasteiger partial charge on any atom is -0.493 e. The summed E-state index contributed by atoms with van der Waals surface area (Å²) in [5.41, 5.74) is 2.51. The Morgan fingerprint density at radius 3 is 2.82 bits per heavy atom. The van der Waals surface area contributed by atoms with Gasteiger partial charge in [-0.2, -0.15) is 5.10 Å². The molecule has 1 aliphatic rings. The summed E-state index contributed by atoms with van der Waals surface area (Å²) in [6.07, 6.45) is 5.90. The number of nitrogens with zero attached hydrogens (tertiary/aromatic N) is 2. The lowest BCUT2D eigenvalue weighted by Gasteiger charge is -2.32. The Hall–Kier alpha value is -0.960. The van der Waals surface area contributed by atoms with E-state index in [0.717, 1.165) is 24.3 Å². The number of aromatic nitrogens is 2. The molecule has 1 aromatic rings. The van der Waals surface area contributed by atoms with Gasteiger partial charge in [0, 0.05) is 7.05 Å². The highest BCUT2D eigenvalue weighted by molar-refractivity contribution is 6.22. The van der Waals surface area contributed by atoms with Gasteiger partial charge in [-0.15, -0.1) is 11.6 Å². The molecule has 1 unspecified atom stereocenters. The molecule has 1 atom stereocenters. The van der Waals surface area contributed by atoms with E-state index in [2.05, 4.69) is 25.0 Å². The van der Waals surface area contributed by atoms with Gasteiger partial charge < -0.3 is 4.74 Å². The largest absolute Gasteiger partial charge is 0.493 e. The number of alkyl halides is 1. The number of halogens is 1. The molecule has 0 spiro atoms. The minimum absolute atomic E-state index is 0.0911. The second-order valence-electron chi connectivity index (χ2n) is 5.44. The summed E-state index contributed by atoms with van der Waals surface area (Å²) in [6, 6.07) is 0. The van der Waals surface area contributed by atoms with E-state index in [-0.39, 0.29) is 10.8 Å². The molecule has 0 aliphatic heterocycles. The molecular weight excluding hydrogens is 236 g/mol. The van der Waals surface area contributed by atoms with Gasteiger partial charge >= 0.3 is 0 Å². The van der Waals surface area contributed by atoms with E-state index < -0.39 is 0 Å². The molecule has 0 fully saturated rings. The van der Waals surface area contributed by atoms with Gasteiger partial charge in [0.15, 0.2) is 5.75 Å². The predicted octanol–water partition coefficient (Wildman–Crippen LogP) is 3.24. The van der Waals surface area contributed by atoms with Crippen LogP contribution in [-0.4, -0.2) is 22.3 Å². The molecule has 0 N–H and O–H groups in total. The van der Waals surface area contributed by atoms with E-state index in [1.165, 1.54) is 5.57 Å². The molecule has 1 heterocycles. The van der Waals surface area contributed by atoms with Crippen LogP contribution in [-0.2, 0) is 7.05 Å². The van der Waals surface area contributed by atoms with Crippen LogP contribution in [0.2, 0.25) is 0 Å². The Balaban J connectivity index is 2.42. The van der Waals surface area contributed by atoms with Crippen LogP contribution in [0.1, 0.15) is 32.4 Å². The van der Waals surface area contributed by atoms with Crippen LogP contribution in [0.4, 0.5) is 0 Å². The van der Waals surface area contributed by atoms with Crippen molar-refractivity contribution in [1.29, 1.82) is 0 Å². The molecule has 1 aromatic heterocycles. The maximum Gasteiger partial charge on any atom is 0.164 e. The lowest BCUT2D eigenvalue weighted by atomic mass is 9.76. The number of hydrogen-bond donors (Lipinski definition) is 0. The smallest absolute Gasteiger partial charge is 0.164 e. The van der Waals surface area contributed by atoms with Crippen molar-refractivity contribution in [3.05, 3.63) is 18.0 Å². The van der Waals surface area contributed by atoms with E-state index in [0.29, 0.717) is 0 Å². The van der Waals surface area contributed by atoms with E-state index in [1.54, 1.807) is 13.3 Å². The van der Waals surface area contributed by atoms with Crippen LogP contribution in [0.25, 0.3) is 5.57 Å². The van der Waals surface area contributed by atoms with Crippen LogP contribution in [0, 0.1) is 5.41 Å². The monoisotopic (exact) mass is 254 g/mol. The number of ether oxygens (including phenoxy) is 1. The van der Waals surface area contributed by atoms with E-state index in [1.807, 2.05) is 11.7 Å². The average Bonchev–Trinajstić information content (AvgIpc) is 2.56. The van der Waals surface area contributed by atoms with E-state index in [4.69, 9.17) is 16.3 Å². The van der Waals surface area contributed by atoms with Crippen LogP contribution < -0.4 is 4.74 Å². The van der Waals surface area contributed by atoms with Gasteiger partial charge in [0.05, 0.1) is 18.7 Å². The van der Waals surface area contributed by atoms with Gasteiger partial charge in [-0.25, -0.2) is 0 Å². The maximum absolute atomic E-state index is 6.31. The average molecular weight is 255 g/mol. The molecule has 0 bridgehead atoms. The highest BCUT2D eigenvalue weighted by Gasteiger charge is 2.30.